The highest BCUT2D eigenvalue weighted by Gasteiger charge is 2.19. The van der Waals surface area contributed by atoms with Gasteiger partial charge in [-0.05, 0) is 36.5 Å². The van der Waals surface area contributed by atoms with Gasteiger partial charge >= 0.3 is 0 Å². The SMILES string of the molecule is COCc1nn2c(CO)c(-c3ccc4c(c3)CCC4)nc2s1. The van der Waals surface area contributed by atoms with Crippen LogP contribution in [0.3, 0.4) is 0 Å². The van der Waals surface area contributed by atoms with Crippen molar-refractivity contribution in [2.45, 2.75) is 32.5 Å². The lowest BCUT2D eigenvalue weighted by Crippen LogP contribution is -1.97. The molecule has 0 radical (unpaired) electrons. The van der Waals surface area contributed by atoms with Crippen molar-refractivity contribution in [1.29, 1.82) is 0 Å². The summed E-state index contributed by atoms with van der Waals surface area (Å²) in [6, 6.07) is 6.51. The maximum Gasteiger partial charge on any atom is 0.213 e. The third kappa shape index (κ3) is 2.15. The Morgan fingerprint density at radius 1 is 1.32 bits per heavy atom. The highest BCUT2D eigenvalue weighted by Crippen LogP contribution is 2.31. The molecule has 0 saturated heterocycles. The summed E-state index contributed by atoms with van der Waals surface area (Å²) >= 11 is 1.50. The average Bonchev–Trinajstić information content (AvgIpc) is 3.19. The third-order valence-electron chi connectivity index (χ3n) is 4.13. The Hall–Kier alpha value is -1.76. The van der Waals surface area contributed by atoms with E-state index in [-0.39, 0.29) is 6.61 Å². The third-order valence-corrected chi connectivity index (χ3v) is 5.01. The first-order chi connectivity index (χ1) is 10.8. The standard InChI is InChI=1S/C16H17N3O2S/c1-21-9-14-18-19-13(8-20)15(17-16(19)22-14)12-6-5-10-3-2-4-11(10)7-12/h5-7,20H,2-4,8-9H2,1H3. The van der Waals surface area contributed by atoms with Crippen LogP contribution in [0.2, 0.25) is 0 Å². The summed E-state index contributed by atoms with van der Waals surface area (Å²) < 4.78 is 6.85. The van der Waals surface area contributed by atoms with Gasteiger partial charge in [-0.15, -0.1) is 0 Å². The molecule has 114 valence electrons. The Balaban J connectivity index is 1.82. The van der Waals surface area contributed by atoms with Gasteiger partial charge in [-0.3, -0.25) is 0 Å². The van der Waals surface area contributed by atoms with Crippen LogP contribution < -0.4 is 0 Å². The van der Waals surface area contributed by atoms with Crippen LogP contribution in [-0.2, 0) is 30.8 Å². The maximum absolute atomic E-state index is 9.77. The minimum Gasteiger partial charge on any atom is -0.390 e. The molecule has 0 amide bonds. The van der Waals surface area contributed by atoms with Crippen molar-refractivity contribution >= 4 is 16.3 Å². The molecule has 5 nitrogen and oxygen atoms in total. The van der Waals surface area contributed by atoms with E-state index >= 15 is 0 Å². The molecule has 4 rings (SSSR count). The van der Waals surface area contributed by atoms with E-state index in [0.29, 0.717) is 6.61 Å². The lowest BCUT2D eigenvalue weighted by Gasteiger charge is -2.04. The van der Waals surface area contributed by atoms with Gasteiger partial charge in [0, 0.05) is 12.7 Å². The van der Waals surface area contributed by atoms with Crippen LogP contribution in [-0.4, -0.2) is 26.8 Å². The largest absolute Gasteiger partial charge is 0.390 e. The number of nitrogens with zero attached hydrogens (tertiary/aromatic N) is 3. The van der Waals surface area contributed by atoms with Crippen molar-refractivity contribution in [3.05, 3.63) is 40.0 Å². The highest BCUT2D eigenvalue weighted by molar-refractivity contribution is 7.16. The summed E-state index contributed by atoms with van der Waals surface area (Å²) in [7, 11) is 1.65. The van der Waals surface area contributed by atoms with E-state index in [2.05, 4.69) is 28.3 Å². The summed E-state index contributed by atoms with van der Waals surface area (Å²) in [6.45, 7) is 0.386. The number of aliphatic hydroxyl groups is 1. The minimum atomic E-state index is -0.0796. The molecule has 0 fully saturated rings. The van der Waals surface area contributed by atoms with Gasteiger partial charge in [-0.2, -0.15) is 5.10 Å². The fraction of sp³-hybridized carbons (Fsp3) is 0.375. The lowest BCUT2D eigenvalue weighted by atomic mass is 10.0. The fourth-order valence-corrected chi connectivity index (χ4v) is 3.99. The van der Waals surface area contributed by atoms with Crippen LogP contribution in [0.4, 0.5) is 0 Å². The monoisotopic (exact) mass is 315 g/mol. The number of hydrogen-bond donors (Lipinski definition) is 1. The van der Waals surface area contributed by atoms with Crippen LogP contribution >= 0.6 is 11.3 Å². The molecular formula is C16H17N3O2S. The van der Waals surface area contributed by atoms with Gasteiger partial charge in [-0.25, -0.2) is 9.50 Å². The summed E-state index contributed by atoms with van der Waals surface area (Å²) in [5.74, 6) is 0. The first-order valence-electron chi connectivity index (χ1n) is 7.39. The number of fused-ring (bicyclic) bond motifs is 2. The summed E-state index contributed by atoms with van der Waals surface area (Å²) in [5.41, 5.74) is 5.49. The molecule has 1 N–H and O–H groups in total. The first-order valence-corrected chi connectivity index (χ1v) is 8.21. The van der Waals surface area contributed by atoms with Gasteiger partial charge in [0.1, 0.15) is 5.01 Å². The van der Waals surface area contributed by atoms with Crippen LogP contribution in [0.15, 0.2) is 18.2 Å². The van der Waals surface area contributed by atoms with Crippen molar-refractivity contribution in [1.82, 2.24) is 14.6 Å². The van der Waals surface area contributed by atoms with Crippen LogP contribution in [0.25, 0.3) is 16.2 Å². The predicted octanol–water partition coefficient (Wildman–Crippen LogP) is 2.59. The molecule has 1 aromatic carbocycles. The van der Waals surface area contributed by atoms with E-state index in [0.717, 1.165) is 33.3 Å². The lowest BCUT2D eigenvalue weighted by molar-refractivity contribution is 0.183. The predicted molar refractivity (Wildman–Crippen MR) is 85.0 cm³/mol. The average molecular weight is 315 g/mol. The number of hydrogen-bond acceptors (Lipinski definition) is 5. The van der Waals surface area contributed by atoms with Crippen LogP contribution in [0.5, 0.6) is 0 Å². The van der Waals surface area contributed by atoms with Crippen molar-refractivity contribution in [3.8, 4) is 11.3 Å². The van der Waals surface area contributed by atoms with Gasteiger partial charge < -0.3 is 9.84 Å². The molecule has 3 aromatic rings. The summed E-state index contributed by atoms with van der Waals surface area (Å²) in [5, 5.41) is 15.1. The Labute approximate surface area is 132 Å². The second-order valence-corrected chi connectivity index (χ2v) is 6.57. The number of rotatable bonds is 4. The molecule has 0 saturated carbocycles. The number of methoxy groups -OCH3 is 1. The van der Waals surface area contributed by atoms with Gasteiger partial charge in [0.2, 0.25) is 4.96 Å². The Bertz CT molecular complexity index is 837. The quantitative estimate of drug-likeness (QED) is 0.804. The summed E-state index contributed by atoms with van der Waals surface area (Å²) in [6.07, 6.45) is 3.53. The zero-order chi connectivity index (χ0) is 15.1. The topological polar surface area (TPSA) is 59.7 Å². The highest BCUT2D eigenvalue weighted by atomic mass is 32.1. The molecule has 0 atom stereocenters. The molecule has 2 heterocycles. The number of aromatic nitrogens is 3. The molecule has 0 spiro atoms. The van der Waals surface area contributed by atoms with Crippen molar-refractivity contribution in [3.63, 3.8) is 0 Å². The van der Waals surface area contributed by atoms with Gasteiger partial charge in [0.15, 0.2) is 0 Å². The molecular weight excluding hydrogens is 298 g/mol. The van der Waals surface area contributed by atoms with Crippen LogP contribution in [0, 0.1) is 0 Å². The van der Waals surface area contributed by atoms with E-state index in [4.69, 9.17) is 4.74 Å². The number of ether oxygens (including phenoxy) is 1. The van der Waals surface area contributed by atoms with Crippen LogP contribution in [0.1, 0.15) is 28.2 Å². The fourth-order valence-electron chi connectivity index (χ4n) is 3.10. The first kappa shape index (κ1) is 13.9. The molecule has 6 heteroatoms. The van der Waals surface area contributed by atoms with Crippen molar-refractivity contribution in [2.24, 2.45) is 0 Å². The van der Waals surface area contributed by atoms with Gasteiger partial charge in [0.05, 0.1) is 24.6 Å². The molecule has 1 aliphatic carbocycles. The summed E-state index contributed by atoms with van der Waals surface area (Å²) in [4.78, 5) is 5.48. The smallest absolute Gasteiger partial charge is 0.213 e. The molecule has 2 aromatic heterocycles. The van der Waals surface area contributed by atoms with E-state index in [9.17, 15) is 5.11 Å². The minimum absolute atomic E-state index is 0.0796. The molecule has 0 aliphatic heterocycles. The number of benzene rings is 1. The zero-order valence-electron chi connectivity index (χ0n) is 12.4. The van der Waals surface area contributed by atoms with Crippen molar-refractivity contribution in [2.75, 3.05) is 7.11 Å². The van der Waals surface area contributed by atoms with E-state index in [1.165, 1.54) is 35.3 Å². The molecule has 0 bridgehead atoms. The Kier molecular flexibility index (Phi) is 3.44. The van der Waals surface area contributed by atoms with Gasteiger partial charge in [0.25, 0.3) is 0 Å². The zero-order valence-corrected chi connectivity index (χ0v) is 13.2. The van der Waals surface area contributed by atoms with E-state index in [1.54, 1.807) is 11.6 Å². The normalized spacial score (nSPS) is 13.9. The molecule has 1 aliphatic rings. The number of aliphatic hydroxyl groups excluding tert-OH is 1. The van der Waals surface area contributed by atoms with Gasteiger partial charge in [-0.1, -0.05) is 23.5 Å². The number of aryl methyl sites for hydroxylation is 2. The Morgan fingerprint density at radius 2 is 2.18 bits per heavy atom. The van der Waals surface area contributed by atoms with E-state index < -0.39 is 0 Å². The molecule has 22 heavy (non-hydrogen) atoms. The van der Waals surface area contributed by atoms with E-state index in [1.807, 2.05) is 0 Å². The second-order valence-electron chi connectivity index (χ2n) is 5.53. The number of imidazole rings is 1. The van der Waals surface area contributed by atoms with Crippen molar-refractivity contribution < 1.29 is 9.84 Å². The Morgan fingerprint density at radius 3 is 3.00 bits per heavy atom. The second kappa shape index (κ2) is 5.46. The maximum atomic E-state index is 9.77. The molecule has 0 unspecified atom stereocenters.